The first-order valence-electron chi connectivity index (χ1n) is 38.1. The molecule has 9 N–H and O–H groups in total. The van der Waals surface area contributed by atoms with E-state index in [4.69, 9.17) is 4.76 Å². The van der Waals surface area contributed by atoms with E-state index in [1.807, 2.05) is 45.2 Å². The summed E-state index contributed by atoms with van der Waals surface area (Å²) < 4.78 is 85.0. The predicted molar refractivity (Wildman–Crippen MR) is 429 cm³/mol. The molecule has 26 nitrogen and oxygen atoms in total. The fourth-order valence-electron chi connectivity index (χ4n) is 16.8. The molecule has 4 fully saturated rings. The number of oxime groups is 1. The molecule has 2 aromatic carbocycles. The Balaban J connectivity index is 0.000000117. The van der Waals surface area contributed by atoms with Crippen LogP contribution in [0.15, 0.2) is 130 Å². The molecule has 109 heavy (non-hydrogen) atoms. The van der Waals surface area contributed by atoms with E-state index in [2.05, 4.69) is 161 Å². The van der Waals surface area contributed by atoms with Gasteiger partial charge in [0.25, 0.3) is 0 Å². The summed E-state index contributed by atoms with van der Waals surface area (Å²) in [6.45, 7) is 7.45. The van der Waals surface area contributed by atoms with Crippen LogP contribution >= 0.6 is 0 Å². The summed E-state index contributed by atoms with van der Waals surface area (Å²) in [5, 5.41) is 64.7. The van der Waals surface area contributed by atoms with Crippen LogP contribution in [0, 0.1) is 23.7 Å². The normalized spacial score (nSPS) is 23.1. The number of nitrogens with one attached hydrogen (secondary N) is 5. The van der Waals surface area contributed by atoms with Gasteiger partial charge in [-0.3, -0.25) is 24.8 Å². The van der Waals surface area contributed by atoms with Gasteiger partial charge in [-0.15, -0.1) is 5.16 Å². The summed E-state index contributed by atoms with van der Waals surface area (Å²) in [5.74, 6) is 1.32. The number of nitrogens with zero attached hydrogens (tertiary/aromatic N) is 10. The van der Waals surface area contributed by atoms with Crippen molar-refractivity contribution in [3.8, 4) is 0 Å². The SMILES string of the molecule is CCCS(=O)(=O)NC1CC(C2=NN(C)B(O)c3cnc4c(c32)C=CC4)C1.CCCS(=O)(=O)NC1CC(C2=NNB(O)c3cnc4c(c32)C=CC4)C1.CCCS(=O)(=O)NC1CC(C2=NOB(O)c3cnc4c(c32)C=CC4)C1.OB1NN=C(C2CC(N(Cc3ccccc3)Cc3ccccc3)C2)c2c1cnc1c2C=CC1. The van der Waals surface area contributed by atoms with Crippen LogP contribution in [0.5, 0.6) is 0 Å². The van der Waals surface area contributed by atoms with Gasteiger partial charge in [0, 0.05) is 185 Å². The molecule has 8 aliphatic carbocycles. The molecule has 0 saturated heterocycles. The van der Waals surface area contributed by atoms with Crippen molar-refractivity contribution in [2.75, 3.05) is 24.3 Å². The largest absolute Gasteiger partial charge is 0.585 e. The highest BCUT2D eigenvalue weighted by molar-refractivity contribution is 7.90. The zero-order valence-electron chi connectivity index (χ0n) is 61.6. The molecule has 4 aliphatic heterocycles. The molecule has 0 bridgehead atoms. The quantitative estimate of drug-likeness (QED) is 0.0467. The van der Waals surface area contributed by atoms with Crippen LogP contribution in [-0.2, 0) is 73.6 Å². The van der Waals surface area contributed by atoms with Crippen LogP contribution in [-0.4, -0.2) is 175 Å². The molecule has 0 spiro atoms. The van der Waals surface area contributed by atoms with Crippen LogP contribution in [0.25, 0.3) is 24.3 Å². The minimum Gasteiger partial charge on any atom is -0.428 e. The number of pyridine rings is 4. The Hall–Kier alpha value is -8.33. The van der Waals surface area contributed by atoms with E-state index >= 15 is 0 Å². The van der Waals surface area contributed by atoms with E-state index in [1.54, 1.807) is 30.6 Å². The van der Waals surface area contributed by atoms with Gasteiger partial charge in [-0.05, 0) is 81.8 Å². The predicted octanol–water partition coefficient (Wildman–Crippen LogP) is 3.16. The number of rotatable bonds is 21. The number of fused-ring (bicyclic) bond motifs is 12. The second-order valence-electron chi connectivity index (χ2n) is 30.3. The summed E-state index contributed by atoms with van der Waals surface area (Å²) >= 11 is 0. The summed E-state index contributed by atoms with van der Waals surface area (Å²) in [6.07, 6.45) is 34.9. The minimum atomic E-state index is -3.21. The average Bonchev–Trinajstić information content (AvgIpc) is 1.74. The first kappa shape index (κ1) is 76.1. The third kappa shape index (κ3) is 16.3. The summed E-state index contributed by atoms with van der Waals surface area (Å²) in [6, 6.07) is 21.8. The van der Waals surface area contributed by atoms with Crippen molar-refractivity contribution >= 4 is 127 Å². The van der Waals surface area contributed by atoms with Crippen molar-refractivity contribution in [1.82, 2.24) is 54.6 Å². The third-order valence-corrected chi connectivity index (χ3v) is 27.4. The van der Waals surface area contributed by atoms with Crippen LogP contribution in [0.1, 0.15) is 170 Å². The molecule has 566 valence electrons. The maximum Gasteiger partial charge on any atom is 0.585 e. The molecule has 0 amide bonds. The van der Waals surface area contributed by atoms with Gasteiger partial charge in [0.05, 0.1) is 62.9 Å². The van der Waals surface area contributed by atoms with Gasteiger partial charge in [0.2, 0.25) is 30.1 Å². The molecule has 0 atom stereocenters. The molecule has 33 heteroatoms. The lowest BCUT2D eigenvalue weighted by Gasteiger charge is -2.44. The fraction of sp³-hybridized carbons (Fsp3) is 0.421. The topological polar surface area (TPSA) is 360 Å². The zero-order valence-corrected chi connectivity index (χ0v) is 64.1. The van der Waals surface area contributed by atoms with Gasteiger partial charge in [0.1, 0.15) is 0 Å². The minimum absolute atomic E-state index is 0.0368. The first-order valence-corrected chi connectivity index (χ1v) is 43.1. The van der Waals surface area contributed by atoms with Gasteiger partial charge in [0.15, 0.2) is 0 Å². The van der Waals surface area contributed by atoms with Crippen LogP contribution in [0.2, 0.25) is 0 Å². The van der Waals surface area contributed by atoms with Crippen molar-refractivity contribution in [2.45, 2.75) is 154 Å². The van der Waals surface area contributed by atoms with Gasteiger partial charge in [-0.1, -0.05) is 130 Å². The Kier molecular flexibility index (Phi) is 22.4. The molecule has 12 aliphatic rings. The number of hydrogen-bond acceptors (Lipinski definition) is 23. The Morgan fingerprint density at radius 1 is 0.477 bits per heavy atom. The number of hydrazone groups is 3. The second-order valence-corrected chi connectivity index (χ2v) is 35.9. The van der Waals surface area contributed by atoms with Crippen molar-refractivity contribution in [3.63, 3.8) is 0 Å². The molecule has 0 unspecified atom stereocenters. The van der Waals surface area contributed by atoms with Crippen LogP contribution in [0.3, 0.4) is 0 Å². The highest BCUT2D eigenvalue weighted by Crippen LogP contribution is 2.41. The van der Waals surface area contributed by atoms with E-state index in [0.29, 0.717) is 49.5 Å². The van der Waals surface area contributed by atoms with E-state index in [1.165, 1.54) is 11.1 Å². The van der Waals surface area contributed by atoms with Crippen LogP contribution in [0.4, 0.5) is 0 Å². The van der Waals surface area contributed by atoms with Gasteiger partial charge in [-0.2, -0.15) is 15.3 Å². The van der Waals surface area contributed by atoms with Crippen LogP contribution < -0.4 is 46.7 Å². The van der Waals surface area contributed by atoms with Gasteiger partial charge < -0.3 is 40.4 Å². The number of sulfonamides is 3. The van der Waals surface area contributed by atoms with E-state index < -0.39 is 58.3 Å². The van der Waals surface area contributed by atoms with Crippen molar-refractivity contribution in [2.24, 2.45) is 44.1 Å². The lowest BCUT2D eigenvalue weighted by Crippen LogP contribution is -2.54. The summed E-state index contributed by atoms with van der Waals surface area (Å²) in [5.41, 5.74) is 21.6. The lowest BCUT2D eigenvalue weighted by atomic mass is 9.65. The Bertz CT molecular complexity index is 4890. The third-order valence-electron chi connectivity index (χ3n) is 22.4. The number of allylic oxidation sites excluding steroid dienone is 4. The maximum atomic E-state index is 12.0. The summed E-state index contributed by atoms with van der Waals surface area (Å²) in [7, 11) is -11.4. The number of aromatic nitrogens is 4. The van der Waals surface area contributed by atoms with Gasteiger partial charge >= 0.3 is 28.3 Å². The van der Waals surface area contributed by atoms with E-state index in [0.717, 1.165) is 184 Å². The standard InChI is InChI=1S/C27H27BN4O.C17H23BN4O3S.C16H21BN4O3S.C16H20BN3O4S/c33-28-24-16-29-25-13-7-12-23(25)26(24)27(30-31-28)21-14-22(15-21)32(17-19-8-3-1-4-9-19)18-20-10-5-2-6-11-20;1-3-7-26(24,25)21-12-8-11(9-12)17-16-13-5-4-6-15(13)19-10-14(16)18(23)22(2)20-17;1-2-6-25(23,24)20-11-7-10(8-11)16-15-12-4-3-5-14(12)18-9-13(15)17(22)21-19-16;1-2-6-25(22,23)20-11-7-10(8-11)16-15-12-4-3-5-14(12)18-9-13(15)17(21)24-19-16/h1-12,16,21-22,31,33H,13-15,17-18H2;4-5,10-12,21,23H,3,6-9H2,1-2H3;3-4,9-11,20-22H,2,5-8H2,1H3;3-4,9-11,20-21H,2,5-8H2,1H3. The fourth-order valence-corrected chi connectivity index (χ4v) is 20.8. The first-order chi connectivity index (χ1) is 52.6. The average molecular weight is 1530 g/mol. The van der Waals surface area contributed by atoms with Crippen molar-refractivity contribution in [1.29, 1.82) is 0 Å². The smallest absolute Gasteiger partial charge is 0.428 e. The van der Waals surface area contributed by atoms with Crippen molar-refractivity contribution in [3.05, 3.63) is 188 Å². The van der Waals surface area contributed by atoms with Gasteiger partial charge in [-0.25, -0.2) is 39.4 Å². The highest BCUT2D eigenvalue weighted by atomic mass is 32.2. The zero-order chi connectivity index (χ0) is 75.9. The van der Waals surface area contributed by atoms with Crippen molar-refractivity contribution < 1.29 is 50.1 Å². The molecule has 4 aromatic heterocycles. The van der Waals surface area contributed by atoms with E-state index in [9.17, 15) is 45.3 Å². The summed E-state index contributed by atoms with van der Waals surface area (Å²) in [4.78, 5) is 22.0. The molecule has 4 saturated carbocycles. The van der Waals surface area contributed by atoms with E-state index in [-0.39, 0.29) is 53.1 Å². The Labute approximate surface area is 639 Å². The molecular weight excluding hydrogens is 1440 g/mol. The lowest BCUT2D eigenvalue weighted by molar-refractivity contribution is 0.0898. The molecular formula is C76H91B4N15O11S3. The Morgan fingerprint density at radius 3 is 1.23 bits per heavy atom. The monoisotopic (exact) mass is 1530 g/mol. The number of hydrogen-bond donors (Lipinski definition) is 9. The molecule has 8 heterocycles. The molecule has 18 rings (SSSR count). The Morgan fingerprint density at radius 2 is 0.826 bits per heavy atom. The highest BCUT2D eigenvalue weighted by Gasteiger charge is 2.47. The maximum absolute atomic E-state index is 12.0. The number of benzene rings is 2. The second kappa shape index (κ2) is 32.2. The molecule has 6 aromatic rings. The molecule has 0 radical (unpaired) electrons.